The number of hydrogen-bond donors (Lipinski definition) is 2. The third-order valence-electron chi connectivity index (χ3n) is 4.75. The van der Waals surface area contributed by atoms with Crippen molar-refractivity contribution in [1.82, 2.24) is 20.3 Å². The van der Waals surface area contributed by atoms with Crippen LogP contribution in [0.3, 0.4) is 0 Å². The van der Waals surface area contributed by atoms with Gasteiger partial charge in [-0.05, 0) is 28.0 Å². The molecule has 0 bridgehead atoms. The van der Waals surface area contributed by atoms with Crippen molar-refractivity contribution in [2.45, 2.75) is 6.54 Å². The Balaban J connectivity index is 1.33. The number of nitrogens with zero attached hydrogens (tertiary/aromatic N) is 6. The van der Waals surface area contributed by atoms with E-state index in [-0.39, 0.29) is 17.0 Å². The average molecular weight is 456 g/mol. The minimum atomic E-state index is -0.454. The number of anilines is 2. The normalized spacial score (nSPS) is 11.2. The van der Waals surface area contributed by atoms with E-state index in [0.717, 1.165) is 5.56 Å². The van der Waals surface area contributed by atoms with Crippen LogP contribution >= 0.6 is 0 Å². The molecule has 0 aliphatic rings. The minimum absolute atomic E-state index is 0.0161. The molecule has 12 heteroatoms. The SMILES string of the molecule is O=[N+]([O-])c1cccc(-c2ccc(C=NNc3nc4nonc4nc3NCc3ccccc3)o2)c1. The Kier molecular flexibility index (Phi) is 5.59. The Morgan fingerprint density at radius 3 is 2.56 bits per heavy atom. The summed E-state index contributed by atoms with van der Waals surface area (Å²) in [7, 11) is 0. The molecule has 0 unspecified atom stereocenters. The molecule has 0 saturated carbocycles. The molecule has 0 saturated heterocycles. The minimum Gasteiger partial charge on any atom is -0.455 e. The second-order valence-corrected chi connectivity index (χ2v) is 7.05. The molecule has 0 aliphatic carbocycles. The Hall–Kier alpha value is -5.13. The number of hydrazone groups is 1. The molecule has 5 aromatic rings. The van der Waals surface area contributed by atoms with E-state index in [1.165, 1.54) is 18.3 Å². The Morgan fingerprint density at radius 1 is 0.971 bits per heavy atom. The van der Waals surface area contributed by atoms with E-state index in [9.17, 15) is 10.1 Å². The van der Waals surface area contributed by atoms with Gasteiger partial charge in [0.15, 0.2) is 11.6 Å². The quantitative estimate of drug-likeness (QED) is 0.196. The van der Waals surface area contributed by atoms with E-state index < -0.39 is 4.92 Å². The number of nitro benzene ring substituents is 1. The number of nitro groups is 1. The Bertz CT molecular complexity index is 1480. The van der Waals surface area contributed by atoms with Crippen LogP contribution in [-0.4, -0.2) is 31.4 Å². The molecule has 0 atom stereocenters. The van der Waals surface area contributed by atoms with Crippen LogP contribution < -0.4 is 10.7 Å². The van der Waals surface area contributed by atoms with Gasteiger partial charge in [-0.25, -0.2) is 9.61 Å². The second kappa shape index (κ2) is 9.16. The lowest BCUT2D eigenvalue weighted by atomic mass is 10.1. The monoisotopic (exact) mass is 456 g/mol. The predicted molar refractivity (Wildman–Crippen MR) is 123 cm³/mol. The van der Waals surface area contributed by atoms with Gasteiger partial charge >= 0.3 is 0 Å². The van der Waals surface area contributed by atoms with Crippen molar-refractivity contribution in [3.8, 4) is 11.3 Å². The van der Waals surface area contributed by atoms with E-state index in [1.54, 1.807) is 24.3 Å². The van der Waals surface area contributed by atoms with Crippen LogP contribution in [0.4, 0.5) is 17.3 Å². The molecule has 12 nitrogen and oxygen atoms in total. The fraction of sp³-hybridized carbons (Fsp3) is 0.0455. The molecule has 0 radical (unpaired) electrons. The molecule has 5 rings (SSSR count). The summed E-state index contributed by atoms with van der Waals surface area (Å²) in [4.78, 5) is 19.3. The van der Waals surface area contributed by atoms with Crippen molar-refractivity contribution >= 4 is 34.8 Å². The first kappa shape index (κ1) is 20.8. The number of furan rings is 1. The fourth-order valence-corrected chi connectivity index (χ4v) is 3.13. The van der Waals surface area contributed by atoms with Crippen LogP contribution in [0.5, 0.6) is 0 Å². The second-order valence-electron chi connectivity index (χ2n) is 7.05. The zero-order chi connectivity index (χ0) is 23.3. The van der Waals surface area contributed by atoms with Gasteiger partial charge in [0, 0.05) is 24.2 Å². The molecule has 0 aliphatic heterocycles. The fourth-order valence-electron chi connectivity index (χ4n) is 3.13. The van der Waals surface area contributed by atoms with E-state index in [4.69, 9.17) is 9.05 Å². The van der Waals surface area contributed by atoms with Gasteiger partial charge in [0.05, 0.1) is 11.1 Å². The first-order chi connectivity index (χ1) is 16.7. The Morgan fingerprint density at radius 2 is 1.76 bits per heavy atom. The number of rotatable bonds is 8. The van der Waals surface area contributed by atoms with Crippen LogP contribution in [0.25, 0.3) is 22.6 Å². The maximum atomic E-state index is 11.0. The van der Waals surface area contributed by atoms with E-state index in [0.29, 0.717) is 35.3 Å². The lowest BCUT2D eigenvalue weighted by Gasteiger charge is -2.09. The largest absolute Gasteiger partial charge is 0.455 e. The van der Waals surface area contributed by atoms with Crippen molar-refractivity contribution in [1.29, 1.82) is 0 Å². The van der Waals surface area contributed by atoms with E-state index in [2.05, 4.69) is 36.1 Å². The van der Waals surface area contributed by atoms with Gasteiger partial charge in [0.1, 0.15) is 11.5 Å². The van der Waals surface area contributed by atoms with E-state index in [1.807, 2.05) is 30.3 Å². The topological polar surface area (TPSA) is 157 Å². The van der Waals surface area contributed by atoms with Gasteiger partial charge in [-0.1, -0.05) is 42.5 Å². The number of fused-ring (bicyclic) bond motifs is 1. The summed E-state index contributed by atoms with van der Waals surface area (Å²) in [6, 6.07) is 19.4. The summed E-state index contributed by atoms with van der Waals surface area (Å²) in [5, 5.41) is 25.8. The van der Waals surface area contributed by atoms with Gasteiger partial charge in [0.2, 0.25) is 11.3 Å². The van der Waals surface area contributed by atoms with Crippen molar-refractivity contribution < 1.29 is 14.0 Å². The van der Waals surface area contributed by atoms with Gasteiger partial charge in [-0.3, -0.25) is 15.5 Å². The summed E-state index contributed by atoms with van der Waals surface area (Å²) >= 11 is 0. The van der Waals surface area contributed by atoms with Crippen LogP contribution in [0.2, 0.25) is 0 Å². The molecule has 34 heavy (non-hydrogen) atoms. The molecule has 0 spiro atoms. The highest BCUT2D eigenvalue weighted by Crippen LogP contribution is 2.25. The third-order valence-corrected chi connectivity index (χ3v) is 4.75. The van der Waals surface area contributed by atoms with E-state index >= 15 is 0 Å². The zero-order valence-corrected chi connectivity index (χ0v) is 17.5. The summed E-state index contributed by atoms with van der Waals surface area (Å²) < 4.78 is 10.4. The van der Waals surface area contributed by atoms with Crippen LogP contribution in [-0.2, 0) is 6.54 Å². The molecule has 3 heterocycles. The summed E-state index contributed by atoms with van der Waals surface area (Å²) in [5.41, 5.74) is 4.95. The third kappa shape index (κ3) is 4.55. The highest BCUT2D eigenvalue weighted by Gasteiger charge is 2.13. The smallest absolute Gasteiger partial charge is 0.270 e. The number of aromatic nitrogens is 4. The predicted octanol–water partition coefficient (Wildman–Crippen LogP) is 4.24. The van der Waals surface area contributed by atoms with Crippen LogP contribution in [0.1, 0.15) is 11.3 Å². The molecule has 0 fully saturated rings. The van der Waals surface area contributed by atoms with Crippen molar-refractivity contribution in [3.05, 3.63) is 88.2 Å². The Labute approximate surface area is 191 Å². The lowest BCUT2D eigenvalue weighted by molar-refractivity contribution is -0.384. The lowest BCUT2D eigenvalue weighted by Crippen LogP contribution is -2.06. The van der Waals surface area contributed by atoms with Crippen LogP contribution in [0, 0.1) is 10.1 Å². The van der Waals surface area contributed by atoms with Crippen molar-refractivity contribution in [2.75, 3.05) is 10.7 Å². The van der Waals surface area contributed by atoms with Gasteiger partial charge in [0.25, 0.3) is 5.69 Å². The maximum Gasteiger partial charge on any atom is 0.270 e. The number of benzene rings is 2. The molecule has 0 amide bonds. The molecule has 168 valence electrons. The van der Waals surface area contributed by atoms with Crippen LogP contribution in [0.15, 0.2) is 80.9 Å². The molecule has 2 N–H and O–H groups in total. The molecular weight excluding hydrogens is 440 g/mol. The van der Waals surface area contributed by atoms with Crippen molar-refractivity contribution in [3.63, 3.8) is 0 Å². The summed E-state index contributed by atoms with van der Waals surface area (Å²) in [6.07, 6.45) is 1.45. The van der Waals surface area contributed by atoms with Crippen molar-refractivity contribution in [2.24, 2.45) is 5.10 Å². The van der Waals surface area contributed by atoms with Gasteiger partial charge < -0.3 is 9.73 Å². The first-order valence-electron chi connectivity index (χ1n) is 10.1. The van der Waals surface area contributed by atoms with Gasteiger partial charge in [-0.15, -0.1) is 0 Å². The average Bonchev–Trinajstić information content (AvgIpc) is 3.52. The standard InChI is InChI=1S/C22H16N8O4/c31-30(32)16-8-4-7-15(11-16)18-10-9-17(33-18)13-24-27-20-19(23-12-14-5-2-1-3-6-14)25-21-22(26-20)29-34-28-21/h1-11,13H,12H2,(H,23,25,28)(H,26,27,29). The highest BCUT2D eigenvalue weighted by molar-refractivity contribution is 5.79. The summed E-state index contributed by atoms with van der Waals surface area (Å²) in [6.45, 7) is 0.509. The highest BCUT2D eigenvalue weighted by atomic mass is 16.6. The van der Waals surface area contributed by atoms with Gasteiger partial charge in [-0.2, -0.15) is 10.1 Å². The number of nitrogens with one attached hydrogen (secondary N) is 2. The molecule has 3 aromatic heterocycles. The molecular formula is C22H16N8O4. The number of hydrogen-bond acceptors (Lipinski definition) is 11. The molecule has 2 aromatic carbocycles. The summed E-state index contributed by atoms with van der Waals surface area (Å²) in [5.74, 6) is 1.65. The maximum absolute atomic E-state index is 11.0. The first-order valence-corrected chi connectivity index (χ1v) is 10.1. The number of non-ortho nitro benzene ring substituents is 1. The zero-order valence-electron chi connectivity index (χ0n) is 17.5.